The molecule has 0 bridgehead atoms. The van der Waals surface area contributed by atoms with Gasteiger partial charge in [0.2, 0.25) is 5.91 Å². The van der Waals surface area contributed by atoms with Crippen LogP contribution in [0.5, 0.6) is 0 Å². The first-order valence-electron chi connectivity index (χ1n) is 8.70. The highest BCUT2D eigenvalue weighted by molar-refractivity contribution is 5.81. The van der Waals surface area contributed by atoms with Gasteiger partial charge in [0.05, 0.1) is 11.7 Å². The average molecular weight is 327 g/mol. The van der Waals surface area contributed by atoms with Crippen LogP contribution in [0.4, 0.5) is 0 Å². The van der Waals surface area contributed by atoms with Gasteiger partial charge in [0.15, 0.2) is 0 Å². The van der Waals surface area contributed by atoms with Crippen molar-refractivity contribution in [3.05, 3.63) is 42.5 Å². The Morgan fingerprint density at radius 3 is 2.75 bits per heavy atom. The second-order valence-corrected chi connectivity index (χ2v) is 6.35. The Bertz CT molecular complexity index is 647. The van der Waals surface area contributed by atoms with Gasteiger partial charge in [-0.3, -0.25) is 9.69 Å². The molecular formula is C18H25N5O. The molecule has 1 aliphatic heterocycles. The van der Waals surface area contributed by atoms with Crippen molar-refractivity contribution in [1.29, 1.82) is 0 Å². The molecular weight excluding hydrogens is 302 g/mol. The molecule has 1 aliphatic rings. The van der Waals surface area contributed by atoms with Crippen LogP contribution < -0.4 is 5.32 Å². The van der Waals surface area contributed by atoms with Gasteiger partial charge >= 0.3 is 0 Å². The lowest BCUT2D eigenvalue weighted by atomic mass is 10.2. The van der Waals surface area contributed by atoms with Crippen LogP contribution >= 0.6 is 0 Å². The maximum absolute atomic E-state index is 12.5. The largest absolute Gasteiger partial charge is 0.351 e. The molecule has 1 saturated heterocycles. The molecule has 3 rings (SSSR count). The summed E-state index contributed by atoms with van der Waals surface area (Å²) in [6.45, 7) is 4.58. The average Bonchev–Trinajstić information content (AvgIpc) is 3.02. The Morgan fingerprint density at radius 1 is 1.25 bits per heavy atom. The van der Waals surface area contributed by atoms with Crippen molar-refractivity contribution in [3.63, 3.8) is 0 Å². The van der Waals surface area contributed by atoms with Crippen LogP contribution in [0.25, 0.3) is 5.69 Å². The van der Waals surface area contributed by atoms with Gasteiger partial charge in [0.25, 0.3) is 0 Å². The van der Waals surface area contributed by atoms with Gasteiger partial charge in [-0.15, -0.1) is 0 Å². The molecule has 1 unspecified atom stereocenters. The van der Waals surface area contributed by atoms with Crippen LogP contribution in [0.3, 0.4) is 0 Å². The summed E-state index contributed by atoms with van der Waals surface area (Å²) >= 11 is 0. The maximum Gasteiger partial charge on any atom is 0.237 e. The van der Waals surface area contributed by atoms with Gasteiger partial charge in [0, 0.05) is 6.54 Å². The van der Waals surface area contributed by atoms with Crippen molar-refractivity contribution in [2.45, 2.75) is 45.2 Å². The minimum Gasteiger partial charge on any atom is -0.351 e. The first-order valence-corrected chi connectivity index (χ1v) is 8.70. The summed E-state index contributed by atoms with van der Waals surface area (Å²) in [7, 11) is 0. The molecule has 2 heterocycles. The Kier molecular flexibility index (Phi) is 5.59. The third kappa shape index (κ3) is 4.20. The summed E-state index contributed by atoms with van der Waals surface area (Å²) in [4.78, 5) is 18.7. The Balaban J connectivity index is 1.57. The van der Waals surface area contributed by atoms with Gasteiger partial charge in [-0.1, -0.05) is 25.0 Å². The zero-order valence-corrected chi connectivity index (χ0v) is 14.2. The van der Waals surface area contributed by atoms with E-state index in [0.717, 1.165) is 24.3 Å². The lowest BCUT2D eigenvalue weighted by molar-refractivity contribution is -0.126. The summed E-state index contributed by atoms with van der Waals surface area (Å²) < 4.78 is 1.71. The molecule has 1 atom stereocenters. The fourth-order valence-electron chi connectivity index (χ4n) is 3.14. The van der Waals surface area contributed by atoms with E-state index in [-0.39, 0.29) is 11.9 Å². The standard InChI is InChI=1S/C18H25N5O/c1-15(22-9-4-2-3-5-10-22)18(24)20-12-16-7-6-8-17(11-16)23-14-19-13-21-23/h6-8,11,13-15H,2-5,9-10,12H2,1H3,(H,20,24). The van der Waals surface area contributed by atoms with E-state index in [4.69, 9.17) is 0 Å². The summed E-state index contributed by atoms with van der Waals surface area (Å²) in [5.41, 5.74) is 2.00. The fourth-order valence-corrected chi connectivity index (χ4v) is 3.14. The minimum atomic E-state index is -0.0680. The molecule has 0 saturated carbocycles. The third-order valence-electron chi connectivity index (χ3n) is 4.63. The van der Waals surface area contributed by atoms with Crippen LogP contribution in [-0.2, 0) is 11.3 Å². The second-order valence-electron chi connectivity index (χ2n) is 6.35. The van der Waals surface area contributed by atoms with Crippen molar-refractivity contribution in [2.24, 2.45) is 0 Å². The van der Waals surface area contributed by atoms with Crippen LogP contribution in [0.2, 0.25) is 0 Å². The number of carbonyl (C=O) groups excluding carboxylic acids is 1. The van der Waals surface area contributed by atoms with Crippen molar-refractivity contribution in [2.75, 3.05) is 13.1 Å². The van der Waals surface area contributed by atoms with Gasteiger partial charge in [-0.05, 0) is 50.6 Å². The fraction of sp³-hybridized carbons (Fsp3) is 0.500. The lowest BCUT2D eigenvalue weighted by Gasteiger charge is -2.26. The van der Waals surface area contributed by atoms with E-state index in [2.05, 4.69) is 20.3 Å². The van der Waals surface area contributed by atoms with Crippen LogP contribution in [0, 0.1) is 0 Å². The zero-order valence-electron chi connectivity index (χ0n) is 14.2. The molecule has 6 heteroatoms. The number of likely N-dealkylation sites (tertiary alicyclic amines) is 1. The molecule has 24 heavy (non-hydrogen) atoms. The van der Waals surface area contributed by atoms with E-state index in [0.29, 0.717) is 6.54 Å². The van der Waals surface area contributed by atoms with E-state index in [1.54, 1.807) is 11.0 Å². The second kappa shape index (κ2) is 8.06. The predicted molar refractivity (Wildman–Crippen MR) is 92.7 cm³/mol. The number of amides is 1. The maximum atomic E-state index is 12.5. The molecule has 128 valence electrons. The highest BCUT2D eigenvalue weighted by Gasteiger charge is 2.21. The quantitative estimate of drug-likeness (QED) is 0.914. The molecule has 1 N–H and O–H groups in total. The van der Waals surface area contributed by atoms with E-state index in [1.807, 2.05) is 31.2 Å². The summed E-state index contributed by atoms with van der Waals surface area (Å²) in [5.74, 6) is 0.100. The molecule has 1 fully saturated rings. The van der Waals surface area contributed by atoms with Crippen molar-refractivity contribution < 1.29 is 4.79 Å². The van der Waals surface area contributed by atoms with Gasteiger partial charge in [0.1, 0.15) is 12.7 Å². The number of benzene rings is 1. The molecule has 2 aromatic rings. The van der Waals surface area contributed by atoms with E-state index >= 15 is 0 Å². The van der Waals surface area contributed by atoms with Crippen molar-refractivity contribution in [1.82, 2.24) is 25.0 Å². The summed E-state index contributed by atoms with van der Waals surface area (Å²) in [5, 5.41) is 7.20. The number of nitrogens with one attached hydrogen (secondary N) is 1. The highest BCUT2D eigenvalue weighted by Crippen LogP contribution is 2.13. The Labute approximate surface area is 142 Å². The first-order chi connectivity index (χ1) is 11.7. The number of hydrogen-bond acceptors (Lipinski definition) is 4. The van der Waals surface area contributed by atoms with Crippen LogP contribution in [0.1, 0.15) is 38.2 Å². The van der Waals surface area contributed by atoms with Gasteiger partial charge in [-0.25, -0.2) is 9.67 Å². The topological polar surface area (TPSA) is 63.1 Å². The number of carbonyl (C=O) groups is 1. The molecule has 0 aliphatic carbocycles. The summed E-state index contributed by atoms with van der Waals surface area (Å²) in [6, 6.07) is 7.90. The Morgan fingerprint density at radius 2 is 2.04 bits per heavy atom. The molecule has 0 spiro atoms. The lowest BCUT2D eigenvalue weighted by Crippen LogP contribution is -2.45. The van der Waals surface area contributed by atoms with Gasteiger partial charge < -0.3 is 5.32 Å². The summed E-state index contributed by atoms with van der Waals surface area (Å²) in [6.07, 6.45) is 8.12. The molecule has 1 aromatic heterocycles. The third-order valence-corrected chi connectivity index (χ3v) is 4.63. The number of rotatable bonds is 5. The Hall–Kier alpha value is -2.21. The van der Waals surface area contributed by atoms with Crippen LogP contribution in [-0.4, -0.2) is 44.7 Å². The molecule has 1 amide bonds. The van der Waals surface area contributed by atoms with Crippen molar-refractivity contribution >= 4 is 5.91 Å². The van der Waals surface area contributed by atoms with E-state index in [9.17, 15) is 4.79 Å². The van der Waals surface area contributed by atoms with Gasteiger partial charge in [-0.2, -0.15) is 5.10 Å². The first kappa shape index (κ1) is 16.6. The van der Waals surface area contributed by atoms with E-state index < -0.39 is 0 Å². The normalized spacial score (nSPS) is 17.2. The number of hydrogen-bond donors (Lipinski definition) is 1. The minimum absolute atomic E-state index is 0.0680. The monoisotopic (exact) mass is 327 g/mol. The molecule has 6 nitrogen and oxygen atoms in total. The SMILES string of the molecule is CC(C(=O)NCc1cccc(-n2cncn2)c1)N1CCCCCC1. The predicted octanol–water partition coefficient (Wildman–Crippen LogP) is 2.15. The highest BCUT2D eigenvalue weighted by atomic mass is 16.2. The number of nitrogens with zero attached hydrogens (tertiary/aromatic N) is 4. The number of aromatic nitrogens is 3. The van der Waals surface area contributed by atoms with Crippen LogP contribution in [0.15, 0.2) is 36.9 Å². The molecule has 1 aromatic carbocycles. The smallest absolute Gasteiger partial charge is 0.237 e. The van der Waals surface area contributed by atoms with Crippen molar-refractivity contribution in [3.8, 4) is 5.69 Å². The molecule has 0 radical (unpaired) electrons. The zero-order chi connectivity index (χ0) is 16.8. The van der Waals surface area contributed by atoms with E-state index in [1.165, 1.54) is 32.0 Å².